The van der Waals surface area contributed by atoms with Crippen molar-refractivity contribution in [2.45, 2.75) is 24.1 Å². The zero-order valence-corrected chi connectivity index (χ0v) is 13.0. The zero-order chi connectivity index (χ0) is 13.7. The van der Waals surface area contributed by atoms with Crippen LogP contribution in [-0.2, 0) is 16.6 Å². The monoisotopic (exact) mass is 316 g/mol. The predicted octanol–water partition coefficient (Wildman–Crippen LogP) is 3.11. The minimum Gasteiger partial charge on any atom is -0.312 e. The average molecular weight is 316 g/mol. The highest BCUT2D eigenvalue weighted by Gasteiger charge is 2.16. The van der Waals surface area contributed by atoms with Gasteiger partial charge in [0.25, 0.3) is 10.0 Å². The van der Waals surface area contributed by atoms with Gasteiger partial charge in [0.15, 0.2) is 0 Å². The molecule has 7 heteroatoms. The molecular formula is C12H16N2O2S3. The van der Waals surface area contributed by atoms with Gasteiger partial charge >= 0.3 is 0 Å². The number of anilines is 1. The van der Waals surface area contributed by atoms with Gasteiger partial charge in [-0.1, -0.05) is 6.92 Å². The first-order valence-electron chi connectivity index (χ1n) is 5.96. The number of hydrogen-bond donors (Lipinski definition) is 2. The first-order chi connectivity index (χ1) is 9.12. The van der Waals surface area contributed by atoms with Gasteiger partial charge in [-0.2, -0.15) is 11.3 Å². The summed E-state index contributed by atoms with van der Waals surface area (Å²) in [6.07, 6.45) is 1.07. The van der Waals surface area contributed by atoms with Gasteiger partial charge in [0, 0.05) is 16.8 Å². The maximum atomic E-state index is 12.1. The van der Waals surface area contributed by atoms with E-state index in [4.69, 9.17) is 0 Å². The van der Waals surface area contributed by atoms with E-state index in [-0.39, 0.29) is 0 Å². The Bertz CT molecular complexity index is 603. The third-order valence-electron chi connectivity index (χ3n) is 2.40. The first-order valence-corrected chi connectivity index (χ1v) is 9.20. The van der Waals surface area contributed by atoms with Gasteiger partial charge < -0.3 is 5.32 Å². The van der Waals surface area contributed by atoms with Gasteiger partial charge in [0.2, 0.25) is 0 Å². The van der Waals surface area contributed by atoms with E-state index in [1.807, 2.05) is 11.4 Å². The summed E-state index contributed by atoms with van der Waals surface area (Å²) < 4.78 is 27.2. The van der Waals surface area contributed by atoms with E-state index in [1.165, 1.54) is 22.7 Å². The lowest BCUT2D eigenvalue weighted by Gasteiger charge is -2.03. The van der Waals surface area contributed by atoms with E-state index in [0.29, 0.717) is 16.4 Å². The lowest BCUT2D eigenvalue weighted by atomic mass is 10.4. The molecule has 2 N–H and O–H groups in total. The second kappa shape index (κ2) is 6.51. The topological polar surface area (TPSA) is 58.2 Å². The summed E-state index contributed by atoms with van der Waals surface area (Å²) in [5, 5.41) is 6.87. The first kappa shape index (κ1) is 14.5. The van der Waals surface area contributed by atoms with Crippen molar-refractivity contribution in [1.29, 1.82) is 0 Å². The van der Waals surface area contributed by atoms with Crippen LogP contribution in [0.2, 0.25) is 0 Å². The van der Waals surface area contributed by atoms with Crippen LogP contribution in [-0.4, -0.2) is 15.0 Å². The quantitative estimate of drug-likeness (QED) is 0.772. The van der Waals surface area contributed by atoms with Crippen LogP contribution >= 0.6 is 22.7 Å². The normalized spacial score (nSPS) is 11.6. The fourth-order valence-corrected chi connectivity index (χ4v) is 4.55. The largest absolute Gasteiger partial charge is 0.312 e. The van der Waals surface area contributed by atoms with E-state index >= 15 is 0 Å². The second-order valence-electron chi connectivity index (χ2n) is 4.02. The Labute approximate surface area is 121 Å². The summed E-state index contributed by atoms with van der Waals surface area (Å²) in [7, 11) is -3.45. The molecule has 2 aromatic heterocycles. The molecule has 0 fully saturated rings. The lowest BCUT2D eigenvalue weighted by molar-refractivity contribution is 0.603. The van der Waals surface area contributed by atoms with E-state index in [1.54, 1.807) is 17.5 Å². The molecular weight excluding hydrogens is 300 g/mol. The molecule has 0 unspecified atom stereocenters. The molecule has 2 rings (SSSR count). The van der Waals surface area contributed by atoms with E-state index in [2.05, 4.69) is 17.0 Å². The van der Waals surface area contributed by atoms with Crippen molar-refractivity contribution in [3.8, 4) is 0 Å². The van der Waals surface area contributed by atoms with Gasteiger partial charge in [-0.3, -0.25) is 4.72 Å². The van der Waals surface area contributed by atoms with Crippen molar-refractivity contribution >= 4 is 38.4 Å². The molecule has 0 spiro atoms. The molecule has 2 heterocycles. The molecule has 0 bridgehead atoms. The third kappa shape index (κ3) is 4.04. The fourth-order valence-electron chi connectivity index (χ4n) is 1.51. The van der Waals surface area contributed by atoms with Gasteiger partial charge in [-0.05, 0) is 36.5 Å². The molecule has 0 amide bonds. The Hall–Kier alpha value is -0.890. The van der Waals surface area contributed by atoms with E-state index in [0.717, 1.165) is 17.8 Å². The number of thiophene rings is 2. The Balaban J connectivity index is 2.04. The van der Waals surface area contributed by atoms with Crippen molar-refractivity contribution in [3.05, 3.63) is 33.8 Å². The van der Waals surface area contributed by atoms with Crippen molar-refractivity contribution in [2.24, 2.45) is 0 Å². The highest BCUT2D eigenvalue weighted by atomic mass is 32.2. The maximum Gasteiger partial charge on any atom is 0.271 e. The van der Waals surface area contributed by atoms with E-state index in [9.17, 15) is 8.42 Å². The van der Waals surface area contributed by atoms with Crippen LogP contribution in [0.15, 0.2) is 33.2 Å². The third-order valence-corrected chi connectivity index (χ3v) is 6.04. The summed E-state index contributed by atoms with van der Waals surface area (Å²) in [5.41, 5.74) is 0.615. The van der Waals surface area contributed by atoms with Crippen LogP contribution in [0.4, 0.5) is 5.69 Å². The Morgan fingerprint density at radius 2 is 2.11 bits per heavy atom. The van der Waals surface area contributed by atoms with Crippen molar-refractivity contribution in [3.63, 3.8) is 0 Å². The Morgan fingerprint density at radius 3 is 2.79 bits per heavy atom. The molecule has 0 aromatic carbocycles. The molecule has 2 aromatic rings. The smallest absolute Gasteiger partial charge is 0.271 e. The second-order valence-corrected chi connectivity index (χ2v) is 7.87. The van der Waals surface area contributed by atoms with Crippen LogP contribution in [0, 0.1) is 0 Å². The molecule has 0 atom stereocenters. The Kier molecular flexibility index (Phi) is 4.98. The predicted molar refractivity (Wildman–Crippen MR) is 81.4 cm³/mol. The molecule has 19 heavy (non-hydrogen) atoms. The molecule has 0 saturated heterocycles. The average Bonchev–Trinajstić information content (AvgIpc) is 3.00. The molecule has 4 nitrogen and oxygen atoms in total. The highest BCUT2D eigenvalue weighted by molar-refractivity contribution is 7.94. The van der Waals surface area contributed by atoms with Gasteiger partial charge in [0.1, 0.15) is 4.21 Å². The summed E-state index contributed by atoms with van der Waals surface area (Å²) in [6, 6.07) is 5.26. The number of sulfonamides is 1. The molecule has 104 valence electrons. The molecule has 0 aliphatic heterocycles. The minimum atomic E-state index is -3.45. The van der Waals surface area contributed by atoms with Crippen molar-refractivity contribution < 1.29 is 8.42 Å². The van der Waals surface area contributed by atoms with Crippen LogP contribution in [0.3, 0.4) is 0 Å². The standard InChI is InChI=1S/C12H16N2O2S3/c1-2-6-13-8-11-3-4-12(18-11)19(15,16)14-10-5-7-17-9-10/h3-5,7,9,13-14H,2,6,8H2,1H3. The summed E-state index contributed by atoms with van der Waals surface area (Å²) in [5.74, 6) is 0. The van der Waals surface area contributed by atoms with Gasteiger partial charge in [-0.15, -0.1) is 11.3 Å². The van der Waals surface area contributed by atoms with E-state index < -0.39 is 10.0 Å². The molecule has 0 radical (unpaired) electrons. The highest BCUT2D eigenvalue weighted by Crippen LogP contribution is 2.24. The van der Waals surface area contributed by atoms with Gasteiger partial charge in [-0.25, -0.2) is 8.42 Å². The summed E-state index contributed by atoms with van der Waals surface area (Å²) >= 11 is 2.76. The maximum absolute atomic E-state index is 12.1. The minimum absolute atomic E-state index is 0.354. The summed E-state index contributed by atoms with van der Waals surface area (Å²) in [4.78, 5) is 1.03. The number of hydrogen-bond acceptors (Lipinski definition) is 5. The fraction of sp³-hybridized carbons (Fsp3) is 0.333. The summed E-state index contributed by atoms with van der Waals surface area (Å²) in [6.45, 7) is 3.75. The number of rotatable bonds is 7. The van der Waals surface area contributed by atoms with Crippen LogP contribution < -0.4 is 10.0 Å². The van der Waals surface area contributed by atoms with Crippen LogP contribution in [0.1, 0.15) is 18.2 Å². The van der Waals surface area contributed by atoms with Crippen LogP contribution in [0.25, 0.3) is 0 Å². The van der Waals surface area contributed by atoms with Gasteiger partial charge in [0.05, 0.1) is 5.69 Å². The zero-order valence-electron chi connectivity index (χ0n) is 10.5. The number of nitrogens with one attached hydrogen (secondary N) is 2. The van der Waals surface area contributed by atoms with Crippen molar-refractivity contribution in [1.82, 2.24) is 5.32 Å². The Morgan fingerprint density at radius 1 is 1.26 bits per heavy atom. The molecule has 0 aliphatic rings. The van der Waals surface area contributed by atoms with Crippen LogP contribution in [0.5, 0.6) is 0 Å². The molecule has 0 saturated carbocycles. The SMILES string of the molecule is CCCNCc1ccc(S(=O)(=O)Nc2ccsc2)s1. The lowest BCUT2D eigenvalue weighted by Crippen LogP contribution is -2.12. The van der Waals surface area contributed by atoms with Crippen molar-refractivity contribution in [2.75, 3.05) is 11.3 Å². The molecule has 0 aliphatic carbocycles.